The van der Waals surface area contributed by atoms with Crippen LogP contribution in [-0.2, 0) is 10.0 Å². The number of nitrogens with zero attached hydrogens (tertiary/aromatic N) is 1. The smallest absolute Gasteiger partial charge is 0.258 e. The van der Waals surface area contributed by atoms with Gasteiger partial charge in [0.05, 0.1) is 4.92 Å². The summed E-state index contributed by atoms with van der Waals surface area (Å²) in [6.07, 6.45) is 0.393. The summed E-state index contributed by atoms with van der Waals surface area (Å²) in [4.78, 5) is 9.97. The maximum atomic E-state index is 12.4. The first-order valence-corrected chi connectivity index (χ1v) is 8.78. The number of rotatable bonds is 7. The molecule has 0 aromatic heterocycles. The van der Waals surface area contributed by atoms with E-state index in [4.69, 9.17) is 0 Å². The number of hydrogen-bond donors (Lipinski definition) is 1. The van der Waals surface area contributed by atoms with Gasteiger partial charge in [0.2, 0.25) is 10.0 Å². The minimum Gasteiger partial charge on any atom is -0.258 e. The third-order valence-corrected chi connectivity index (χ3v) is 5.08. The zero-order chi connectivity index (χ0) is 17.7. The van der Waals surface area contributed by atoms with Crippen molar-refractivity contribution in [3.8, 4) is 0 Å². The molecule has 0 fully saturated rings. The first kappa shape index (κ1) is 17.8. The minimum atomic E-state index is -4.00. The molecule has 2 aromatic rings. The minimum absolute atomic E-state index is 0.341. The van der Waals surface area contributed by atoms with Gasteiger partial charge in [-0.25, -0.2) is 13.1 Å². The van der Waals surface area contributed by atoms with Crippen LogP contribution in [0.3, 0.4) is 0 Å². The molecule has 0 bridgehead atoms. The Bertz CT molecular complexity index is 848. The highest BCUT2D eigenvalue weighted by Gasteiger charge is 2.26. The van der Waals surface area contributed by atoms with Crippen LogP contribution in [0.4, 0.5) is 5.69 Å². The first-order valence-electron chi connectivity index (χ1n) is 7.30. The monoisotopic (exact) mass is 346 g/mol. The lowest BCUT2D eigenvalue weighted by Crippen LogP contribution is -2.33. The van der Waals surface area contributed by atoms with Gasteiger partial charge in [-0.2, -0.15) is 0 Å². The van der Waals surface area contributed by atoms with Crippen molar-refractivity contribution in [3.05, 3.63) is 76.9 Å². The van der Waals surface area contributed by atoms with Crippen molar-refractivity contribution < 1.29 is 13.3 Å². The third-order valence-electron chi connectivity index (χ3n) is 3.44. The Morgan fingerprint density at radius 1 is 1.17 bits per heavy atom. The van der Waals surface area contributed by atoms with Crippen molar-refractivity contribution in [1.29, 1.82) is 0 Å². The van der Waals surface area contributed by atoms with Crippen molar-refractivity contribution in [2.75, 3.05) is 0 Å². The first-order chi connectivity index (χ1) is 11.3. The molecular weight excluding hydrogens is 328 g/mol. The summed E-state index contributed by atoms with van der Waals surface area (Å²) in [5.74, 6) is 0. The van der Waals surface area contributed by atoms with E-state index in [1.807, 2.05) is 30.3 Å². The zero-order valence-electron chi connectivity index (χ0n) is 13.2. The fraction of sp³-hybridized carbons (Fsp3) is 0.176. The van der Waals surface area contributed by atoms with Crippen molar-refractivity contribution in [2.45, 2.75) is 24.3 Å². The Kier molecular flexibility index (Phi) is 5.48. The third kappa shape index (κ3) is 4.27. The number of nitro benzene ring substituents is 1. The van der Waals surface area contributed by atoms with E-state index in [0.29, 0.717) is 6.42 Å². The molecule has 24 heavy (non-hydrogen) atoms. The largest absolute Gasteiger partial charge is 0.289 e. The fourth-order valence-electron chi connectivity index (χ4n) is 2.37. The Labute approximate surface area is 141 Å². The van der Waals surface area contributed by atoms with Gasteiger partial charge in [-0.3, -0.25) is 10.1 Å². The molecule has 1 unspecified atom stereocenters. The predicted molar refractivity (Wildman–Crippen MR) is 93.0 cm³/mol. The highest BCUT2D eigenvalue weighted by atomic mass is 32.2. The second-order valence-electron chi connectivity index (χ2n) is 5.42. The molecule has 0 radical (unpaired) electrons. The lowest BCUT2D eigenvalue weighted by atomic mass is 10.0. The van der Waals surface area contributed by atoms with Crippen LogP contribution in [0, 0.1) is 10.1 Å². The Morgan fingerprint density at radius 3 is 2.38 bits per heavy atom. The Balaban J connectivity index is 2.15. The molecule has 0 aliphatic heterocycles. The van der Waals surface area contributed by atoms with Crippen LogP contribution in [-0.4, -0.2) is 19.4 Å². The Hall–Kier alpha value is -2.51. The second-order valence-corrected chi connectivity index (χ2v) is 7.10. The van der Waals surface area contributed by atoms with Gasteiger partial charge >= 0.3 is 0 Å². The van der Waals surface area contributed by atoms with Gasteiger partial charge in [0.15, 0.2) is 4.90 Å². The molecule has 2 aromatic carbocycles. The average Bonchev–Trinajstić information content (AvgIpc) is 2.55. The molecule has 0 aliphatic rings. The summed E-state index contributed by atoms with van der Waals surface area (Å²) in [5.41, 5.74) is 1.27. The van der Waals surface area contributed by atoms with Gasteiger partial charge in [0.25, 0.3) is 5.69 Å². The van der Waals surface area contributed by atoms with E-state index in [9.17, 15) is 18.5 Å². The van der Waals surface area contributed by atoms with E-state index in [1.165, 1.54) is 24.3 Å². The van der Waals surface area contributed by atoms with Gasteiger partial charge in [0, 0.05) is 12.1 Å². The van der Waals surface area contributed by atoms with Crippen LogP contribution in [0.15, 0.2) is 66.1 Å². The van der Waals surface area contributed by atoms with Crippen LogP contribution in [0.1, 0.15) is 18.9 Å². The molecule has 6 nitrogen and oxygen atoms in total. The number of hydrogen-bond acceptors (Lipinski definition) is 4. The highest BCUT2D eigenvalue weighted by molar-refractivity contribution is 7.89. The molecule has 0 saturated carbocycles. The van der Waals surface area contributed by atoms with E-state index in [0.717, 1.165) is 11.1 Å². The summed E-state index contributed by atoms with van der Waals surface area (Å²) in [7, 11) is -4.00. The number of nitro groups is 1. The van der Waals surface area contributed by atoms with Crippen LogP contribution in [0.25, 0.3) is 5.57 Å². The molecule has 0 heterocycles. The van der Waals surface area contributed by atoms with E-state index in [-0.39, 0.29) is 4.90 Å². The van der Waals surface area contributed by atoms with E-state index in [2.05, 4.69) is 11.3 Å². The molecule has 0 amide bonds. The van der Waals surface area contributed by atoms with Crippen LogP contribution >= 0.6 is 0 Å². The topological polar surface area (TPSA) is 89.3 Å². The van der Waals surface area contributed by atoms with Crippen LogP contribution < -0.4 is 4.72 Å². The predicted octanol–water partition coefficient (Wildman–Crippen LogP) is 3.37. The standard InChI is InChI=1S/C17H18N2O4S/c1-13(15-8-4-3-5-9-15)12-14(2)18-24(22,23)17-11-7-6-10-16(17)19(20)21/h3-11,14,18H,1,12H2,2H3. The molecule has 1 N–H and O–H groups in total. The summed E-state index contributed by atoms with van der Waals surface area (Å²) in [6, 6.07) is 14.2. The highest BCUT2D eigenvalue weighted by Crippen LogP contribution is 2.24. The summed E-state index contributed by atoms with van der Waals surface area (Å²) in [5, 5.41) is 11.0. The molecule has 2 rings (SSSR count). The molecule has 126 valence electrons. The van der Waals surface area contributed by atoms with E-state index in [1.54, 1.807) is 6.92 Å². The number of sulfonamides is 1. The molecule has 7 heteroatoms. The molecular formula is C17H18N2O4S. The quantitative estimate of drug-likeness (QED) is 0.615. The number of nitrogens with one attached hydrogen (secondary N) is 1. The van der Waals surface area contributed by atoms with Gasteiger partial charge in [-0.1, -0.05) is 49.0 Å². The lowest BCUT2D eigenvalue weighted by Gasteiger charge is -2.16. The SMILES string of the molecule is C=C(CC(C)NS(=O)(=O)c1ccccc1[N+](=O)[O-])c1ccccc1. The van der Waals surface area contributed by atoms with Crippen LogP contribution in [0.5, 0.6) is 0 Å². The van der Waals surface area contributed by atoms with Crippen molar-refractivity contribution in [3.63, 3.8) is 0 Å². The maximum Gasteiger partial charge on any atom is 0.289 e. The average molecular weight is 346 g/mol. The normalized spacial score (nSPS) is 12.5. The van der Waals surface area contributed by atoms with Crippen molar-refractivity contribution >= 4 is 21.3 Å². The second kappa shape index (κ2) is 7.37. The Morgan fingerprint density at radius 2 is 1.75 bits per heavy atom. The van der Waals surface area contributed by atoms with Crippen molar-refractivity contribution in [1.82, 2.24) is 4.72 Å². The zero-order valence-corrected chi connectivity index (χ0v) is 14.0. The maximum absolute atomic E-state index is 12.4. The summed E-state index contributed by atoms with van der Waals surface area (Å²) >= 11 is 0. The molecule has 0 saturated heterocycles. The van der Waals surface area contributed by atoms with E-state index < -0.39 is 26.7 Å². The molecule has 0 aliphatic carbocycles. The molecule has 1 atom stereocenters. The summed E-state index contributed by atoms with van der Waals surface area (Å²) in [6.45, 7) is 5.67. The van der Waals surface area contributed by atoms with E-state index >= 15 is 0 Å². The van der Waals surface area contributed by atoms with Gasteiger partial charge in [-0.05, 0) is 30.5 Å². The number of benzene rings is 2. The van der Waals surface area contributed by atoms with Crippen LogP contribution in [0.2, 0.25) is 0 Å². The van der Waals surface area contributed by atoms with Crippen molar-refractivity contribution in [2.24, 2.45) is 0 Å². The van der Waals surface area contributed by atoms with Gasteiger partial charge in [-0.15, -0.1) is 0 Å². The molecule has 0 spiro atoms. The number of para-hydroxylation sites is 1. The lowest BCUT2D eigenvalue weighted by molar-refractivity contribution is -0.387. The fourth-order valence-corrected chi connectivity index (χ4v) is 3.78. The van der Waals surface area contributed by atoms with Gasteiger partial charge in [0.1, 0.15) is 0 Å². The summed E-state index contributed by atoms with van der Waals surface area (Å²) < 4.78 is 27.4. The van der Waals surface area contributed by atoms with Gasteiger partial charge < -0.3 is 0 Å².